The first-order chi connectivity index (χ1) is 8.24. The predicted molar refractivity (Wildman–Crippen MR) is 66.0 cm³/mol. The predicted octanol–water partition coefficient (Wildman–Crippen LogP) is 3.65. The Morgan fingerprint density at radius 2 is 2.29 bits per heavy atom. The molecule has 1 unspecified atom stereocenters. The fraction of sp³-hybridized carbons (Fsp3) is 0.308. The summed E-state index contributed by atoms with van der Waals surface area (Å²) < 4.78 is 18.5. The van der Waals surface area contributed by atoms with E-state index in [2.05, 4.69) is 0 Å². The van der Waals surface area contributed by atoms with E-state index in [0.29, 0.717) is 16.7 Å². The molecule has 1 atom stereocenters. The van der Waals surface area contributed by atoms with Gasteiger partial charge in [-0.15, -0.1) is 0 Å². The van der Waals surface area contributed by atoms with Crippen molar-refractivity contribution in [2.24, 2.45) is 0 Å². The molecule has 0 amide bonds. The molecule has 1 aromatic carbocycles. The summed E-state index contributed by atoms with van der Waals surface area (Å²) in [5.41, 5.74) is 0.567. The summed E-state index contributed by atoms with van der Waals surface area (Å²) in [6.45, 7) is 0. The lowest BCUT2D eigenvalue weighted by molar-refractivity contribution is 0.0964. The lowest BCUT2D eigenvalue weighted by Crippen LogP contribution is -2.12. The number of benzene rings is 1. The Morgan fingerprint density at radius 3 is 3.06 bits per heavy atom. The molecule has 1 saturated heterocycles. The summed E-state index contributed by atoms with van der Waals surface area (Å²) in [4.78, 5) is 12.1. The highest BCUT2D eigenvalue weighted by molar-refractivity contribution is 8.00. The monoisotopic (exact) mass is 250 g/mol. The second-order valence-corrected chi connectivity index (χ2v) is 5.47. The molecule has 1 fully saturated rings. The zero-order chi connectivity index (χ0) is 11.8. The highest BCUT2D eigenvalue weighted by atomic mass is 32.2. The van der Waals surface area contributed by atoms with Gasteiger partial charge >= 0.3 is 0 Å². The van der Waals surface area contributed by atoms with Gasteiger partial charge in [-0.1, -0.05) is 0 Å². The molecule has 1 aromatic heterocycles. The first-order valence-electron chi connectivity index (χ1n) is 5.59. The number of hydrogen-bond donors (Lipinski definition) is 0. The highest BCUT2D eigenvalue weighted by Gasteiger charge is 2.26. The maximum atomic E-state index is 13.0. The Bertz CT molecular complexity index is 570. The largest absolute Gasteiger partial charge is 0.453 e. The molecule has 4 heteroatoms. The molecule has 88 valence electrons. The molecule has 1 aliphatic rings. The maximum absolute atomic E-state index is 13.0. The minimum absolute atomic E-state index is 0.0143. The van der Waals surface area contributed by atoms with E-state index in [9.17, 15) is 9.18 Å². The second-order valence-electron chi connectivity index (χ2n) is 4.16. The summed E-state index contributed by atoms with van der Waals surface area (Å²) in [6.07, 6.45) is 1.99. The second kappa shape index (κ2) is 4.18. The lowest BCUT2D eigenvalue weighted by atomic mass is 10.1. The van der Waals surface area contributed by atoms with Crippen LogP contribution in [0.15, 0.2) is 28.7 Å². The standard InChI is InChI=1S/C13H11FO2S/c14-9-3-4-10-8(6-9)7-11(16-10)13(15)12-2-1-5-17-12/h3-4,6-7,12H,1-2,5H2. The normalized spacial score (nSPS) is 19.9. The fourth-order valence-electron chi connectivity index (χ4n) is 2.08. The number of ketones is 1. The van der Waals surface area contributed by atoms with Gasteiger partial charge in [-0.25, -0.2) is 4.39 Å². The molecule has 2 aromatic rings. The van der Waals surface area contributed by atoms with E-state index in [1.165, 1.54) is 12.1 Å². The third kappa shape index (κ3) is 1.97. The number of halogens is 1. The van der Waals surface area contributed by atoms with E-state index in [0.717, 1.165) is 18.6 Å². The molecular weight excluding hydrogens is 239 g/mol. The van der Waals surface area contributed by atoms with Gasteiger partial charge in [-0.05, 0) is 42.9 Å². The Balaban J connectivity index is 1.97. The molecule has 17 heavy (non-hydrogen) atoms. The van der Waals surface area contributed by atoms with Crippen molar-refractivity contribution in [3.63, 3.8) is 0 Å². The van der Waals surface area contributed by atoms with Crippen molar-refractivity contribution in [3.8, 4) is 0 Å². The van der Waals surface area contributed by atoms with Gasteiger partial charge in [-0.3, -0.25) is 4.79 Å². The molecule has 0 bridgehead atoms. The molecule has 2 nitrogen and oxygen atoms in total. The highest BCUT2D eigenvalue weighted by Crippen LogP contribution is 2.30. The molecule has 2 heterocycles. The SMILES string of the molecule is O=C(c1cc2cc(F)ccc2o1)C1CCCS1. The average molecular weight is 250 g/mol. The molecule has 0 aliphatic carbocycles. The zero-order valence-electron chi connectivity index (χ0n) is 9.11. The molecule has 1 aliphatic heterocycles. The quantitative estimate of drug-likeness (QED) is 0.762. The van der Waals surface area contributed by atoms with E-state index in [4.69, 9.17) is 4.42 Å². The molecule has 0 saturated carbocycles. The van der Waals surface area contributed by atoms with Gasteiger partial charge in [0.05, 0.1) is 5.25 Å². The van der Waals surface area contributed by atoms with Crippen molar-refractivity contribution in [2.75, 3.05) is 5.75 Å². The molecule has 0 radical (unpaired) electrons. The van der Waals surface area contributed by atoms with Gasteiger partial charge in [0, 0.05) is 5.39 Å². The Labute approximate surface area is 102 Å². The van der Waals surface area contributed by atoms with Crippen LogP contribution in [-0.2, 0) is 0 Å². The van der Waals surface area contributed by atoms with Crippen LogP contribution < -0.4 is 0 Å². The Morgan fingerprint density at radius 1 is 1.41 bits per heavy atom. The molecule has 0 N–H and O–H groups in total. The van der Waals surface area contributed by atoms with E-state index >= 15 is 0 Å². The van der Waals surface area contributed by atoms with Crippen LogP contribution in [0.2, 0.25) is 0 Å². The van der Waals surface area contributed by atoms with Crippen molar-refractivity contribution in [3.05, 3.63) is 35.8 Å². The van der Waals surface area contributed by atoms with Gasteiger partial charge in [0.25, 0.3) is 0 Å². The summed E-state index contributed by atoms with van der Waals surface area (Å²) in [6, 6.07) is 5.92. The number of rotatable bonds is 2. The van der Waals surface area contributed by atoms with Crippen LogP contribution in [0, 0.1) is 5.82 Å². The zero-order valence-corrected chi connectivity index (χ0v) is 9.93. The first-order valence-corrected chi connectivity index (χ1v) is 6.64. The smallest absolute Gasteiger partial charge is 0.210 e. The van der Waals surface area contributed by atoms with Crippen molar-refractivity contribution in [2.45, 2.75) is 18.1 Å². The number of thioether (sulfide) groups is 1. The summed E-state index contributed by atoms with van der Waals surface area (Å²) in [5.74, 6) is 1.10. The number of carbonyl (C=O) groups is 1. The van der Waals surface area contributed by atoms with Crippen LogP contribution in [0.25, 0.3) is 11.0 Å². The summed E-state index contributed by atoms with van der Waals surface area (Å²) in [7, 11) is 0. The van der Waals surface area contributed by atoms with Gasteiger partial charge in [0.2, 0.25) is 5.78 Å². The summed E-state index contributed by atoms with van der Waals surface area (Å²) >= 11 is 1.67. The number of carbonyl (C=O) groups excluding carboxylic acids is 1. The minimum atomic E-state index is -0.312. The van der Waals surface area contributed by atoms with Crippen LogP contribution in [0.5, 0.6) is 0 Å². The summed E-state index contributed by atoms with van der Waals surface area (Å²) in [5, 5.41) is 0.664. The van der Waals surface area contributed by atoms with Crippen LogP contribution in [0.3, 0.4) is 0 Å². The molecule has 3 rings (SSSR count). The van der Waals surface area contributed by atoms with Crippen LogP contribution >= 0.6 is 11.8 Å². The van der Waals surface area contributed by atoms with E-state index in [-0.39, 0.29) is 16.9 Å². The van der Waals surface area contributed by atoms with E-state index in [1.807, 2.05) is 0 Å². The van der Waals surface area contributed by atoms with E-state index < -0.39 is 0 Å². The average Bonchev–Trinajstić information content (AvgIpc) is 2.96. The Hall–Kier alpha value is -1.29. The number of furan rings is 1. The van der Waals surface area contributed by atoms with Crippen LogP contribution in [0.1, 0.15) is 23.4 Å². The van der Waals surface area contributed by atoms with Crippen LogP contribution in [0.4, 0.5) is 4.39 Å². The molecule has 0 spiro atoms. The van der Waals surface area contributed by atoms with Crippen molar-refractivity contribution in [1.29, 1.82) is 0 Å². The van der Waals surface area contributed by atoms with Gasteiger partial charge < -0.3 is 4.42 Å². The van der Waals surface area contributed by atoms with Gasteiger partial charge in [0.1, 0.15) is 11.4 Å². The van der Waals surface area contributed by atoms with Gasteiger partial charge in [-0.2, -0.15) is 11.8 Å². The van der Waals surface area contributed by atoms with Crippen molar-refractivity contribution in [1.82, 2.24) is 0 Å². The van der Waals surface area contributed by atoms with E-state index in [1.54, 1.807) is 23.9 Å². The maximum Gasteiger partial charge on any atom is 0.210 e. The third-order valence-electron chi connectivity index (χ3n) is 2.94. The fourth-order valence-corrected chi connectivity index (χ4v) is 3.30. The third-order valence-corrected chi connectivity index (χ3v) is 4.32. The first kappa shape index (κ1) is 10.8. The number of fused-ring (bicyclic) bond motifs is 1. The van der Waals surface area contributed by atoms with Crippen LogP contribution in [-0.4, -0.2) is 16.8 Å². The van der Waals surface area contributed by atoms with Crippen molar-refractivity contribution >= 4 is 28.5 Å². The lowest BCUT2D eigenvalue weighted by Gasteiger charge is -2.02. The van der Waals surface area contributed by atoms with Gasteiger partial charge in [0.15, 0.2) is 5.76 Å². The topological polar surface area (TPSA) is 30.2 Å². The van der Waals surface area contributed by atoms with Crippen molar-refractivity contribution < 1.29 is 13.6 Å². The number of hydrogen-bond acceptors (Lipinski definition) is 3. The molecular formula is C13H11FO2S. The number of Topliss-reactive ketones (excluding diaryl/α,β-unsaturated/α-hetero) is 1. The Kier molecular flexibility index (Phi) is 2.67. The minimum Gasteiger partial charge on any atom is -0.453 e.